The molecule has 8 heteroatoms. The fourth-order valence-electron chi connectivity index (χ4n) is 1.07. The molecule has 0 aliphatic carbocycles. The molecule has 1 heterocycles. The van der Waals surface area contributed by atoms with E-state index in [0.29, 0.717) is 10.6 Å². The van der Waals surface area contributed by atoms with Crippen LogP contribution in [0.4, 0.5) is 4.79 Å². The zero-order chi connectivity index (χ0) is 13.2. The second kappa shape index (κ2) is 5.47. The minimum atomic E-state index is -1.19. The van der Waals surface area contributed by atoms with Gasteiger partial charge in [0.2, 0.25) is 0 Å². The van der Waals surface area contributed by atoms with Gasteiger partial charge in [-0.2, -0.15) is 0 Å². The molecule has 0 aliphatic rings. The first kappa shape index (κ1) is 14.6. The van der Waals surface area contributed by atoms with Gasteiger partial charge in [0.05, 0.1) is 16.1 Å². The zero-order valence-corrected chi connectivity index (χ0v) is 12.2. The molecule has 0 spiro atoms. The molecular weight excluding hydrogens is 280 g/mol. The number of thiol groups is 2. The van der Waals surface area contributed by atoms with E-state index < -0.39 is 16.6 Å². The molecule has 1 unspecified atom stereocenters. The van der Waals surface area contributed by atoms with Crippen LogP contribution in [-0.2, 0) is 4.74 Å². The fourth-order valence-corrected chi connectivity index (χ4v) is 2.06. The molecule has 0 aromatic carbocycles. The highest BCUT2D eigenvalue weighted by molar-refractivity contribution is 8.00. The van der Waals surface area contributed by atoms with Gasteiger partial charge >= 0.3 is 6.09 Å². The minimum Gasteiger partial charge on any atom is -0.423 e. The maximum atomic E-state index is 11.6. The lowest BCUT2D eigenvalue weighted by Crippen LogP contribution is -2.35. The monoisotopic (exact) mass is 294 g/mol. The number of hydrogen-bond acceptors (Lipinski definition) is 7. The van der Waals surface area contributed by atoms with Crippen LogP contribution in [0.5, 0.6) is 0 Å². The number of hydrogen-bond donors (Lipinski definition) is 3. The molecule has 1 N–H and O–H groups in total. The third-order valence-electron chi connectivity index (χ3n) is 1.95. The standard InChI is InChI=1S/C9H14N2O3S3/c1-5-6(17-4-10-5)7(12)11(3)8(13)14-9(2,15)16/h4,7,12,15-16H,1-3H3. The van der Waals surface area contributed by atoms with E-state index in [1.54, 1.807) is 12.4 Å². The predicted molar refractivity (Wildman–Crippen MR) is 72.4 cm³/mol. The molecule has 0 saturated carbocycles. The molecule has 0 radical (unpaired) electrons. The van der Waals surface area contributed by atoms with E-state index in [1.807, 2.05) is 0 Å². The highest BCUT2D eigenvalue weighted by Gasteiger charge is 2.27. The van der Waals surface area contributed by atoms with Crippen molar-refractivity contribution < 1.29 is 14.6 Å². The fraction of sp³-hybridized carbons (Fsp3) is 0.556. The van der Waals surface area contributed by atoms with E-state index >= 15 is 0 Å². The van der Waals surface area contributed by atoms with Crippen molar-refractivity contribution in [3.05, 3.63) is 16.1 Å². The van der Waals surface area contributed by atoms with Gasteiger partial charge in [-0.1, -0.05) is 0 Å². The van der Waals surface area contributed by atoms with Gasteiger partial charge in [-0.15, -0.1) is 36.6 Å². The van der Waals surface area contributed by atoms with E-state index in [4.69, 9.17) is 4.74 Å². The molecule has 0 bridgehead atoms. The first-order valence-corrected chi connectivity index (χ1v) is 6.48. The number of nitrogens with zero attached hydrogens (tertiary/aromatic N) is 2. The number of amides is 1. The smallest absolute Gasteiger partial charge is 0.413 e. The van der Waals surface area contributed by atoms with E-state index in [9.17, 15) is 9.90 Å². The third kappa shape index (κ3) is 4.06. The van der Waals surface area contributed by atoms with Gasteiger partial charge in [-0.3, -0.25) is 4.90 Å². The van der Waals surface area contributed by atoms with Gasteiger partial charge < -0.3 is 9.84 Å². The molecule has 0 saturated heterocycles. The molecule has 1 atom stereocenters. The minimum absolute atomic E-state index is 0.601. The lowest BCUT2D eigenvalue weighted by Gasteiger charge is -2.26. The Balaban J connectivity index is 2.74. The van der Waals surface area contributed by atoms with Crippen LogP contribution in [-0.4, -0.2) is 32.4 Å². The number of aromatic nitrogens is 1. The lowest BCUT2D eigenvalue weighted by atomic mass is 10.3. The summed E-state index contributed by atoms with van der Waals surface area (Å²) in [5.74, 6) is 0. The summed E-state index contributed by atoms with van der Waals surface area (Å²) >= 11 is 9.18. The normalized spacial score (nSPS) is 13.3. The van der Waals surface area contributed by atoms with Gasteiger partial charge in [-0.05, 0) is 13.8 Å². The summed E-state index contributed by atoms with van der Waals surface area (Å²) in [6, 6.07) is 0. The summed E-state index contributed by atoms with van der Waals surface area (Å²) < 4.78 is 3.71. The van der Waals surface area contributed by atoms with Crippen LogP contribution >= 0.6 is 36.6 Å². The summed E-state index contributed by atoms with van der Waals surface area (Å²) in [6.07, 6.45) is -1.79. The topological polar surface area (TPSA) is 62.7 Å². The summed E-state index contributed by atoms with van der Waals surface area (Å²) in [5.41, 5.74) is 2.29. The van der Waals surface area contributed by atoms with Gasteiger partial charge in [0.1, 0.15) is 0 Å². The number of aliphatic hydroxyl groups excluding tert-OH is 1. The summed E-state index contributed by atoms with van der Waals surface area (Å²) in [5, 5.41) is 9.97. The summed E-state index contributed by atoms with van der Waals surface area (Å²) in [7, 11) is 1.43. The third-order valence-corrected chi connectivity index (χ3v) is 3.11. The van der Waals surface area contributed by atoms with Crippen LogP contribution < -0.4 is 0 Å². The van der Waals surface area contributed by atoms with Crippen molar-refractivity contribution in [1.29, 1.82) is 0 Å². The number of ether oxygens (including phenoxy) is 1. The van der Waals surface area contributed by atoms with Crippen LogP contribution in [0.3, 0.4) is 0 Å². The van der Waals surface area contributed by atoms with Crippen molar-refractivity contribution >= 4 is 42.7 Å². The Kier molecular flexibility index (Phi) is 4.70. The number of rotatable bonds is 3. The van der Waals surface area contributed by atoms with Crippen molar-refractivity contribution in [3.63, 3.8) is 0 Å². The maximum absolute atomic E-state index is 11.6. The predicted octanol–water partition coefficient (Wildman–Crippen LogP) is 2.04. The van der Waals surface area contributed by atoms with E-state index in [-0.39, 0.29) is 0 Å². The summed E-state index contributed by atoms with van der Waals surface area (Å²) in [4.78, 5) is 17.3. The molecule has 1 amide bonds. The molecule has 0 fully saturated rings. The van der Waals surface area contributed by atoms with Crippen molar-refractivity contribution in [2.75, 3.05) is 7.05 Å². The molecular formula is C9H14N2O3S3. The average Bonchev–Trinajstić information content (AvgIpc) is 2.59. The van der Waals surface area contributed by atoms with Gasteiger partial charge in [0.25, 0.3) is 0 Å². The number of thiazole rings is 1. The quantitative estimate of drug-likeness (QED) is 0.590. The second-order valence-corrected chi connectivity index (χ2v) is 6.53. The van der Waals surface area contributed by atoms with E-state index in [1.165, 1.54) is 25.3 Å². The van der Waals surface area contributed by atoms with Gasteiger partial charge in [0.15, 0.2) is 10.5 Å². The van der Waals surface area contributed by atoms with Crippen LogP contribution in [0.2, 0.25) is 0 Å². The summed E-state index contributed by atoms with van der Waals surface area (Å²) in [6.45, 7) is 3.27. The zero-order valence-electron chi connectivity index (χ0n) is 9.62. The number of aryl methyl sites for hydroxylation is 1. The molecule has 1 rings (SSSR count). The van der Waals surface area contributed by atoms with Crippen LogP contribution in [0.25, 0.3) is 0 Å². The molecule has 1 aromatic heterocycles. The Morgan fingerprint density at radius 3 is 2.71 bits per heavy atom. The van der Waals surface area contributed by atoms with Crippen LogP contribution in [0.15, 0.2) is 5.51 Å². The van der Waals surface area contributed by atoms with Gasteiger partial charge in [-0.25, -0.2) is 9.78 Å². The SMILES string of the molecule is Cc1ncsc1C(O)N(C)C(=O)OC(C)(S)S. The molecule has 1 aromatic rings. The number of carbonyl (C=O) groups excluding carboxylic acids is 1. The van der Waals surface area contributed by atoms with Crippen LogP contribution in [0, 0.1) is 6.92 Å². The van der Waals surface area contributed by atoms with Crippen LogP contribution in [0.1, 0.15) is 23.7 Å². The van der Waals surface area contributed by atoms with Crippen molar-refractivity contribution in [2.45, 2.75) is 24.3 Å². The van der Waals surface area contributed by atoms with Crippen molar-refractivity contribution in [1.82, 2.24) is 9.88 Å². The van der Waals surface area contributed by atoms with Crippen molar-refractivity contribution in [3.8, 4) is 0 Å². The first-order chi connectivity index (χ1) is 7.72. The Bertz CT molecular complexity index is 402. The average molecular weight is 294 g/mol. The highest BCUT2D eigenvalue weighted by Crippen LogP contribution is 2.26. The Morgan fingerprint density at radius 1 is 1.71 bits per heavy atom. The maximum Gasteiger partial charge on any atom is 0.413 e. The Morgan fingerprint density at radius 2 is 2.29 bits per heavy atom. The molecule has 0 aliphatic heterocycles. The largest absolute Gasteiger partial charge is 0.423 e. The molecule has 5 nitrogen and oxygen atoms in total. The number of aliphatic hydroxyl groups is 1. The highest BCUT2D eigenvalue weighted by atomic mass is 32.2. The Labute approximate surface area is 115 Å². The molecule has 96 valence electrons. The Hall–Kier alpha value is -0.440. The van der Waals surface area contributed by atoms with E-state index in [2.05, 4.69) is 30.2 Å². The molecule has 17 heavy (non-hydrogen) atoms. The van der Waals surface area contributed by atoms with Crippen molar-refractivity contribution in [2.24, 2.45) is 0 Å². The first-order valence-electron chi connectivity index (χ1n) is 4.71. The number of carbonyl (C=O) groups is 1. The van der Waals surface area contributed by atoms with Gasteiger partial charge in [0, 0.05) is 7.05 Å². The van der Waals surface area contributed by atoms with E-state index in [0.717, 1.165) is 4.90 Å². The lowest BCUT2D eigenvalue weighted by molar-refractivity contribution is 0.00893. The second-order valence-electron chi connectivity index (χ2n) is 3.59.